The summed E-state index contributed by atoms with van der Waals surface area (Å²) in [6.45, 7) is -0.0464. The Bertz CT molecular complexity index is 458. The normalized spacial score (nSPS) is 11.9. The van der Waals surface area contributed by atoms with Crippen LogP contribution in [0.4, 0.5) is 13.2 Å². The number of aryl methyl sites for hydroxylation is 2. The summed E-state index contributed by atoms with van der Waals surface area (Å²) in [5.41, 5.74) is 1.44. The molecule has 108 valence electrons. The molecule has 0 saturated carbocycles. The first-order chi connectivity index (χ1) is 8.74. The van der Waals surface area contributed by atoms with Crippen LogP contribution in [0.5, 0.6) is 0 Å². The second-order valence-corrected chi connectivity index (χ2v) is 4.80. The lowest BCUT2D eigenvalue weighted by molar-refractivity contribution is -0.175. The van der Waals surface area contributed by atoms with E-state index in [9.17, 15) is 18.0 Å². The van der Waals surface area contributed by atoms with Crippen LogP contribution < -0.4 is 0 Å². The maximum atomic E-state index is 11.9. The molecule has 1 aromatic rings. The van der Waals surface area contributed by atoms with Crippen LogP contribution in [0.25, 0.3) is 0 Å². The molecule has 0 aromatic carbocycles. The molecule has 8 heteroatoms. The molecule has 0 radical (unpaired) electrons. The third-order valence-corrected chi connectivity index (χ3v) is 3.31. The summed E-state index contributed by atoms with van der Waals surface area (Å²) >= 11 is 3.33. The molecule has 0 aliphatic heterocycles. The molecule has 1 aromatic heterocycles. The van der Waals surface area contributed by atoms with Gasteiger partial charge in [0.1, 0.15) is 13.2 Å². The fraction of sp³-hybridized carbons (Fsp3) is 0.636. The van der Waals surface area contributed by atoms with Crippen LogP contribution in [-0.4, -0.2) is 35.0 Å². The molecule has 1 rings (SSSR count). The van der Waals surface area contributed by atoms with E-state index in [1.165, 1.54) is 0 Å². The molecule has 0 unspecified atom stereocenters. The first kappa shape index (κ1) is 16.2. The zero-order valence-electron chi connectivity index (χ0n) is 10.6. The van der Waals surface area contributed by atoms with E-state index in [1.807, 2.05) is 6.92 Å². The molecule has 0 spiro atoms. The Balaban J connectivity index is 2.56. The number of hydrogen-bond donors (Lipinski definition) is 0. The van der Waals surface area contributed by atoms with E-state index in [0.717, 1.165) is 10.2 Å². The van der Waals surface area contributed by atoms with Gasteiger partial charge < -0.3 is 4.74 Å². The number of Topliss-reactive ketones (excluding diaryl/α,β-unsaturated/α-hetero) is 1. The Morgan fingerprint density at radius 1 is 1.47 bits per heavy atom. The molecule has 0 atom stereocenters. The van der Waals surface area contributed by atoms with E-state index >= 15 is 0 Å². The van der Waals surface area contributed by atoms with Crippen LogP contribution in [0.2, 0.25) is 0 Å². The van der Waals surface area contributed by atoms with Gasteiger partial charge in [0.2, 0.25) is 0 Å². The number of carbonyl (C=O) groups excluding carboxylic acids is 1. The molecule has 0 fully saturated rings. The van der Waals surface area contributed by atoms with Crippen molar-refractivity contribution in [3.8, 4) is 0 Å². The van der Waals surface area contributed by atoms with E-state index < -0.39 is 25.2 Å². The lowest BCUT2D eigenvalue weighted by atomic mass is 10.2. The van der Waals surface area contributed by atoms with Crippen molar-refractivity contribution >= 4 is 21.7 Å². The molecule has 0 bridgehead atoms. The fourth-order valence-corrected chi connectivity index (χ4v) is 2.29. The van der Waals surface area contributed by atoms with Gasteiger partial charge >= 0.3 is 6.18 Å². The van der Waals surface area contributed by atoms with E-state index in [0.29, 0.717) is 12.1 Å². The van der Waals surface area contributed by atoms with Crippen LogP contribution in [0.15, 0.2) is 4.47 Å². The lowest BCUT2D eigenvalue weighted by Crippen LogP contribution is -2.21. The third-order valence-electron chi connectivity index (χ3n) is 2.40. The number of nitrogens with zero attached hydrogens (tertiary/aromatic N) is 2. The van der Waals surface area contributed by atoms with Crippen molar-refractivity contribution in [3.63, 3.8) is 0 Å². The second kappa shape index (κ2) is 6.51. The minimum atomic E-state index is -4.41. The average molecular weight is 343 g/mol. The highest BCUT2D eigenvalue weighted by Gasteiger charge is 2.28. The summed E-state index contributed by atoms with van der Waals surface area (Å²) in [7, 11) is 1.68. The van der Waals surface area contributed by atoms with E-state index in [-0.39, 0.29) is 6.42 Å². The zero-order valence-corrected chi connectivity index (χ0v) is 12.1. The number of carbonyl (C=O) groups is 1. The van der Waals surface area contributed by atoms with Crippen molar-refractivity contribution in [2.75, 3.05) is 13.2 Å². The second-order valence-electron chi connectivity index (χ2n) is 4.01. The Morgan fingerprint density at radius 3 is 2.58 bits per heavy atom. The van der Waals surface area contributed by atoms with Crippen molar-refractivity contribution in [3.05, 3.63) is 15.9 Å². The number of alkyl halides is 3. The highest BCUT2D eigenvalue weighted by atomic mass is 79.9. The standard InChI is InChI=1S/C11H14BrF3N2O2/c1-3-8-10(12)9(17(2)16-8)4-7(18)5-19-6-11(13,14)15/h3-6H2,1-2H3. The topological polar surface area (TPSA) is 44.1 Å². The summed E-state index contributed by atoms with van der Waals surface area (Å²) in [6, 6.07) is 0. The van der Waals surface area contributed by atoms with Crippen LogP contribution in [0.3, 0.4) is 0 Å². The molecule has 0 saturated heterocycles. The summed E-state index contributed by atoms with van der Waals surface area (Å²) in [5, 5.41) is 4.20. The molecule has 0 N–H and O–H groups in total. The lowest BCUT2D eigenvalue weighted by Gasteiger charge is -2.07. The van der Waals surface area contributed by atoms with Crippen molar-refractivity contribution in [2.24, 2.45) is 7.05 Å². The Kier molecular flexibility index (Phi) is 5.54. The van der Waals surface area contributed by atoms with Crippen molar-refractivity contribution in [1.82, 2.24) is 9.78 Å². The highest BCUT2D eigenvalue weighted by Crippen LogP contribution is 2.22. The Morgan fingerprint density at radius 2 is 2.11 bits per heavy atom. The predicted octanol–water partition coefficient (Wildman–Crippen LogP) is 2.44. The van der Waals surface area contributed by atoms with Crippen LogP contribution in [0, 0.1) is 0 Å². The van der Waals surface area contributed by atoms with Crippen molar-refractivity contribution in [2.45, 2.75) is 25.9 Å². The third kappa shape index (κ3) is 4.94. The van der Waals surface area contributed by atoms with Gasteiger partial charge in [-0.3, -0.25) is 9.48 Å². The summed E-state index contributed by atoms with van der Waals surface area (Å²) < 4.78 is 42.2. The van der Waals surface area contributed by atoms with Crippen LogP contribution in [-0.2, 0) is 29.4 Å². The van der Waals surface area contributed by atoms with E-state index in [4.69, 9.17) is 0 Å². The fourth-order valence-electron chi connectivity index (χ4n) is 1.53. The summed E-state index contributed by atoms with van der Waals surface area (Å²) in [4.78, 5) is 11.5. The minimum absolute atomic E-state index is 0.0120. The molecule has 1 heterocycles. The van der Waals surface area contributed by atoms with E-state index in [1.54, 1.807) is 11.7 Å². The van der Waals surface area contributed by atoms with E-state index in [2.05, 4.69) is 25.8 Å². The van der Waals surface area contributed by atoms with Crippen LogP contribution in [0.1, 0.15) is 18.3 Å². The SMILES string of the molecule is CCc1nn(C)c(CC(=O)COCC(F)(F)F)c1Br. The molecular formula is C11H14BrF3N2O2. The van der Waals surface area contributed by atoms with Gasteiger partial charge in [-0.1, -0.05) is 6.92 Å². The van der Waals surface area contributed by atoms with Gasteiger partial charge in [-0.2, -0.15) is 18.3 Å². The van der Waals surface area contributed by atoms with Crippen molar-refractivity contribution in [1.29, 1.82) is 0 Å². The van der Waals surface area contributed by atoms with Gasteiger partial charge in [0, 0.05) is 7.05 Å². The number of rotatable bonds is 6. The van der Waals surface area contributed by atoms with Gasteiger partial charge in [0.05, 0.1) is 22.3 Å². The molecule has 4 nitrogen and oxygen atoms in total. The number of ether oxygens (including phenoxy) is 1. The van der Waals surface area contributed by atoms with Gasteiger partial charge in [-0.15, -0.1) is 0 Å². The van der Waals surface area contributed by atoms with Gasteiger partial charge in [-0.05, 0) is 22.4 Å². The zero-order chi connectivity index (χ0) is 14.6. The molecular weight excluding hydrogens is 329 g/mol. The Labute approximate surface area is 117 Å². The predicted molar refractivity (Wildman–Crippen MR) is 65.9 cm³/mol. The molecule has 0 amide bonds. The first-order valence-electron chi connectivity index (χ1n) is 5.61. The maximum absolute atomic E-state index is 11.9. The first-order valence-corrected chi connectivity index (χ1v) is 6.40. The van der Waals surface area contributed by atoms with Gasteiger partial charge in [0.25, 0.3) is 0 Å². The minimum Gasteiger partial charge on any atom is -0.364 e. The number of hydrogen-bond acceptors (Lipinski definition) is 3. The quantitative estimate of drug-likeness (QED) is 0.797. The Hall–Kier alpha value is -0.890. The number of aromatic nitrogens is 2. The van der Waals surface area contributed by atoms with Gasteiger partial charge in [-0.25, -0.2) is 0 Å². The molecule has 19 heavy (non-hydrogen) atoms. The maximum Gasteiger partial charge on any atom is 0.411 e. The van der Waals surface area contributed by atoms with Gasteiger partial charge in [0.15, 0.2) is 5.78 Å². The monoisotopic (exact) mass is 342 g/mol. The average Bonchev–Trinajstić information content (AvgIpc) is 2.54. The molecule has 0 aliphatic rings. The summed E-state index contributed by atoms with van der Waals surface area (Å²) in [6.07, 6.45) is -3.72. The van der Waals surface area contributed by atoms with Crippen LogP contribution >= 0.6 is 15.9 Å². The number of halogens is 4. The van der Waals surface area contributed by atoms with Crippen molar-refractivity contribution < 1.29 is 22.7 Å². The smallest absolute Gasteiger partial charge is 0.364 e. The number of ketones is 1. The highest BCUT2D eigenvalue weighted by molar-refractivity contribution is 9.10. The largest absolute Gasteiger partial charge is 0.411 e. The molecule has 0 aliphatic carbocycles. The summed E-state index contributed by atoms with van der Waals surface area (Å²) in [5.74, 6) is -0.421.